The molecule has 3 fully saturated rings. The first-order chi connectivity index (χ1) is 25.3. The molecule has 2 heterocycles. The molecule has 1 aromatic heterocycles. The highest BCUT2D eigenvalue weighted by Gasteiger charge is 2.62. The SMILES string of the molecule is C=C[C@@H]1C[C@]1(NC(=O)C1CC(Oc2nc(-c3ccccc3)nc3ccccc23)CN1C(=O)[C@@H](NC(=O)OC(C)(C)C)C(C)(C)C)C(=O)NS(=O)(=O)C1CC1. The van der Waals surface area contributed by atoms with Gasteiger partial charge in [-0.25, -0.2) is 18.2 Å². The number of sulfonamides is 1. The molecule has 4 amide bonds. The maximum atomic E-state index is 14.6. The van der Waals surface area contributed by atoms with E-state index < -0.39 is 79.7 Å². The molecule has 2 saturated carbocycles. The molecule has 5 atom stereocenters. The molecule has 0 radical (unpaired) electrons. The number of rotatable bonds is 11. The number of carbonyl (C=O) groups excluding carboxylic acids is 4. The number of alkyl carbamates (subject to hydrolysis) is 1. The summed E-state index contributed by atoms with van der Waals surface area (Å²) in [5.41, 5.74) is -1.83. The summed E-state index contributed by atoms with van der Waals surface area (Å²) in [7, 11) is -3.91. The van der Waals surface area contributed by atoms with Crippen LogP contribution in [-0.4, -0.2) is 88.2 Å². The summed E-state index contributed by atoms with van der Waals surface area (Å²) in [5.74, 6) is -1.95. The third kappa shape index (κ3) is 8.35. The van der Waals surface area contributed by atoms with E-state index in [0.717, 1.165) is 5.56 Å². The van der Waals surface area contributed by atoms with Crippen molar-refractivity contribution in [2.45, 2.75) is 102 Å². The van der Waals surface area contributed by atoms with E-state index in [9.17, 15) is 27.6 Å². The van der Waals surface area contributed by atoms with E-state index in [4.69, 9.17) is 19.4 Å². The fraction of sp³-hybridized carbons (Fsp3) is 0.487. The standard InChI is InChI=1S/C39H48N6O8S/c1-8-24-21-39(24,35(48)44-54(50,51)26-18-19-26)43-32(46)29-20-25(22-45(29)34(47)30(37(2,3)4)41-36(49)53-38(5,6)7)52-33-27-16-12-13-17-28(27)40-31(42-33)23-14-10-9-11-15-23/h8-17,24-26,29-30H,1,18-22H2,2-7H3,(H,41,49)(H,43,46)(H,44,48)/t24-,25?,29?,30-,39-/m1/s1. The molecule has 3 N–H and O–H groups in total. The molecule has 54 heavy (non-hydrogen) atoms. The van der Waals surface area contributed by atoms with Crippen LogP contribution in [0.25, 0.3) is 22.3 Å². The number of aromatic nitrogens is 2. The quantitative estimate of drug-likeness (QED) is 0.239. The molecule has 0 spiro atoms. The van der Waals surface area contributed by atoms with Crippen molar-refractivity contribution in [1.29, 1.82) is 0 Å². The Bertz CT molecular complexity index is 2080. The van der Waals surface area contributed by atoms with Gasteiger partial charge in [0.25, 0.3) is 5.91 Å². The van der Waals surface area contributed by atoms with Gasteiger partial charge in [-0.15, -0.1) is 6.58 Å². The molecule has 14 nitrogen and oxygen atoms in total. The Morgan fingerprint density at radius 3 is 2.26 bits per heavy atom. The van der Waals surface area contributed by atoms with Crippen molar-refractivity contribution >= 4 is 44.7 Å². The van der Waals surface area contributed by atoms with Crippen molar-refractivity contribution in [3.8, 4) is 17.3 Å². The van der Waals surface area contributed by atoms with Crippen molar-refractivity contribution in [2.75, 3.05) is 6.54 Å². The van der Waals surface area contributed by atoms with Crippen LogP contribution in [0.15, 0.2) is 67.3 Å². The summed E-state index contributed by atoms with van der Waals surface area (Å²) in [6.07, 6.45) is 0.971. The Balaban J connectivity index is 1.33. The number of benzene rings is 2. The largest absolute Gasteiger partial charge is 0.472 e. The van der Waals surface area contributed by atoms with Crippen LogP contribution in [0, 0.1) is 11.3 Å². The number of carbonyl (C=O) groups is 4. The third-order valence-electron chi connectivity index (χ3n) is 9.75. The molecule has 1 aliphatic heterocycles. The molecule has 15 heteroatoms. The number of amides is 4. The van der Waals surface area contributed by atoms with Crippen LogP contribution in [0.3, 0.4) is 0 Å². The molecular formula is C39H48N6O8S. The number of ether oxygens (including phenoxy) is 2. The number of para-hydroxylation sites is 1. The zero-order valence-corrected chi connectivity index (χ0v) is 32.2. The van der Waals surface area contributed by atoms with Crippen LogP contribution in [0.5, 0.6) is 5.88 Å². The molecule has 1 saturated heterocycles. The molecular weight excluding hydrogens is 713 g/mol. The molecule has 6 rings (SSSR count). The average molecular weight is 761 g/mol. The van der Waals surface area contributed by atoms with Crippen LogP contribution in [0.2, 0.25) is 0 Å². The van der Waals surface area contributed by atoms with Crippen LogP contribution < -0.4 is 20.1 Å². The number of fused-ring (bicyclic) bond motifs is 1. The van der Waals surface area contributed by atoms with Gasteiger partial charge in [-0.05, 0) is 57.6 Å². The van der Waals surface area contributed by atoms with Gasteiger partial charge in [-0.3, -0.25) is 19.1 Å². The average Bonchev–Trinajstić information content (AvgIpc) is 4.03. The smallest absolute Gasteiger partial charge is 0.408 e. The van der Waals surface area contributed by atoms with Gasteiger partial charge in [0.2, 0.25) is 27.7 Å². The molecule has 288 valence electrons. The van der Waals surface area contributed by atoms with Crippen molar-refractivity contribution < 1.29 is 37.1 Å². The van der Waals surface area contributed by atoms with Gasteiger partial charge >= 0.3 is 6.09 Å². The lowest BCUT2D eigenvalue weighted by Gasteiger charge is -2.36. The first-order valence-corrected chi connectivity index (χ1v) is 19.7. The maximum Gasteiger partial charge on any atom is 0.408 e. The maximum absolute atomic E-state index is 14.6. The van der Waals surface area contributed by atoms with Crippen LogP contribution in [-0.2, 0) is 29.1 Å². The van der Waals surface area contributed by atoms with Crippen molar-refractivity contribution in [1.82, 2.24) is 30.2 Å². The number of nitrogens with one attached hydrogen (secondary N) is 3. The highest BCUT2D eigenvalue weighted by atomic mass is 32.2. The minimum atomic E-state index is -3.91. The lowest BCUT2D eigenvalue weighted by Crippen LogP contribution is -2.60. The predicted octanol–water partition coefficient (Wildman–Crippen LogP) is 4.25. The minimum absolute atomic E-state index is 0.00327. The summed E-state index contributed by atoms with van der Waals surface area (Å²) in [6, 6.07) is 14.4. The zero-order valence-electron chi connectivity index (χ0n) is 31.4. The normalized spacial score (nSPS) is 23.2. The van der Waals surface area contributed by atoms with Gasteiger partial charge in [0, 0.05) is 17.9 Å². The van der Waals surface area contributed by atoms with Crippen LogP contribution >= 0.6 is 0 Å². The Morgan fingerprint density at radius 1 is 0.981 bits per heavy atom. The highest BCUT2D eigenvalue weighted by Crippen LogP contribution is 2.45. The number of hydrogen-bond acceptors (Lipinski definition) is 10. The molecule has 3 aliphatic rings. The van der Waals surface area contributed by atoms with Gasteiger partial charge < -0.3 is 25.0 Å². The van der Waals surface area contributed by atoms with E-state index in [1.54, 1.807) is 41.5 Å². The Labute approximate surface area is 315 Å². The van der Waals surface area contributed by atoms with E-state index in [-0.39, 0.29) is 25.3 Å². The highest BCUT2D eigenvalue weighted by molar-refractivity contribution is 7.91. The lowest BCUT2D eigenvalue weighted by atomic mass is 9.85. The zero-order chi connectivity index (χ0) is 39.2. The monoisotopic (exact) mass is 760 g/mol. The summed E-state index contributed by atoms with van der Waals surface area (Å²) in [4.78, 5) is 66.3. The fourth-order valence-corrected chi connectivity index (χ4v) is 8.01. The van der Waals surface area contributed by atoms with Gasteiger partial charge in [0.05, 0.1) is 22.7 Å². The molecule has 2 aromatic carbocycles. The molecule has 3 aromatic rings. The summed E-state index contributed by atoms with van der Waals surface area (Å²) >= 11 is 0. The topological polar surface area (TPSA) is 186 Å². The van der Waals surface area contributed by atoms with E-state index >= 15 is 0 Å². The number of nitrogens with zero attached hydrogens (tertiary/aromatic N) is 3. The van der Waals surface area contributed by atoms with Crippen molar-refractivity contribution in [2.24, 2.45) is 11.3 Å². The molecule has 2 aliphatic carbocycles. The van der Waals surface area contributed by atoms with Gasteiger partial charge in [-0.2, -0.15) is 4.98 Å². The first-order valence-electron chi connectivity index (χ1n) is 18.1. The van der Waals surface area contributed by atoms with Gasteiger partial charge in [0.1, 0.15) is 29.3 Å². The number of likely N-dealkylation sites (tertiary alicyclic amines) is 1. The number of hydrogen-bond donors (Lipinski definition) is 3. The van der Waals surface area contributed by atoms with Crippen molar-refractivity contribution in [3.63, 3.8) is 0 Å². The van der Waals surface area contributed by atoms with Crippen molar-refractivity contribution in [3.05, 3.63) is 67.3 Å². The third-order valence-corrected chi connectivity index (χ3v) is 11.6. The Kier molecular flexibility index (Phi) is 10.2. The molecule has 0 bridgehead atoms. The second-order valence-electron chi connectivity index (χ2n) is 16.3. The Morgan fingerprint density at radius 2 is 1.65 bits per heavy atom. The van der Waals surface area contributed by atoms with E-state index in [1.165, 1.54) is 11.0 Å². The van der Waals surface area contributed by atoms with E-state index in [1.807, 2.05) is 54.6 Å². The first kappa shape index (κ1) is 38.7. The summed E-state index contributed by atoms with van der Waals surface area (Å²) in [6.45, 7) is 14.2. The minimum Gasteiger partial charge on any atom is -0.472 e. The summed E-state index contributed by atoms with van der Waals surface area (Å²) < 4.78 is 39.6. The van der Waals surface area contributed by atoms with Gasteiger partial charge in [-0.1, -0.05) is 69.3 Å². The predicted molar refractivity (Wildman–Crippen MR) is 201 cm³/mol. The van der Waals surface area contributed by atoms with Crippen LogP contribution in [0.4, 0.5) is 4.79 Å². The Hall–Kier alpha value is -5.05. The van der Waals surface area contributed by atoms with E-state index in [0.29, 0.717) is 29.6 Å². The lowest BCUT2D eigenvalue weighted by molar-refractivity contribution is -0.143. The van der Waals surface area contributed by atoms with E-state index in [2.05, 4.69) is 21.9 Å². The second kappa shape index (κ2) is 14.3. The van der Waals surface area contributed by atoms with Crippen LogP contribution in [0.1, 0.15) is 67.2 Å². The summed E-state index contributed by atoms with van der Waals surface area (Å²) in [5, 5.41) is 5.49. The fourth-order valence-electron chi connectivity index (χ4n) is 6.65. The second-order valence-corrected chi connectivity index (χ2v) is 18.3. The molecule has 2 unspecified atom stereocenters. The van der Waals surface area contributed by atoms with Gasteiger partial charge in [0.15, 0.2) is 5.82 Å².